The van der Waals surface area contributed by atoms with Crippen LogP contribution in [0.3, 0.4) is 0 Å². The highest BCUT2D eigenvalue weighted by Crippen LogP contribution is 2.29. The second kappa shape index (κ2) is 7.25. The largest absolute Gasteiger partial charge is 0.367 e. The number of nitrogens with one attached hydrogen (secondary N) is 1. The van der Waals surface area contributed by atoms with Crippen LogP contribution in [0.15, 0.2) is 60.7 Å². The molecule has 1 aliphatic rings. The molecule has 0 bridgehead atoms. The van der Waals surface area contributed by atoms with Gasteiger partial charge in [0.15, 0.2) is 0 Å². The van der Waals surface area contributed by atoms with Gasteiger partial charge in [-0.3, -0.25) is 0 Å². The lowest BCUT2D eigenvalue weighted by molar-refractivity contribution is 0.348. The van der Waals surface area contributed by atoms with Crippen molar-refractivity contribution in [3.63, 3.8) is 0 Å². The van der Waals surface area contributed by atoms with Crippen LogP contribution in [-0.2, 0) is 6.54 Å². The van der Waals surface area contributed by atoms with Crippen molar-refractivity contribution >= 4 is 39.7 Å². The quantitative estimate of drug-likeness (QED) is 0.648. The van der Waals surface area contributed by atoms with E-state index in [0.29, 0.717) is 16.0 Å². The van der Waals surface area contributed by atoms with Gasteiger partial charge < -0.3 is 10.2 Å². The van der Waals surface area contributed by atoms with Crippen LogP contribution in [0.5, 0.6) is 0 Å². The Kier molecular flexibility index (Phi) is 4.85. The standard InChI is InChI=1S/C21H20Cl2N2/c22-20-8-7-19(10-21(20)23)25(14-16-11-24-12-16)13-15-5-6-17-3-1-2-4-18(17)9-15/h1-10,16,24H,11-14H2. The van der Waals surface area contributed by atoms with Gasteiger partial charge in [-0.15, -0.1) is 0 Å². The number of hydrogen-bond donors (Lipinski definition) is 1. The Hall–Kier alpha value is -1.74. The zero-order valence-electron chi connectivity index (χ0n) is 13.9. The number of nitrogens with zero attached hydrogens (tertiary/aromatic N) is 1. The Morgan fingerprint density at radius 2 is 1.68 bits per heavy atom. The molecule has 0 radical (unpaired) electrons. The molecule has 4 rings (SSSR count). The number of hydrogen-bond acceptors (Lipinski definition) is 2. The van der Waals surface area contributed by atoms with Crippen LogP contribution >= 0.6 is 23.2 Å². The van der Waals surface area contributed by atoms with E-state index in [2.05, 4.69) is 58.7 Å². The van der Waals surface area contributed by atoms with Crippen molar-refractivity contribution < 1.29 is 0 Å². The zero-order valence-corrected chi connectivity index (χ0v) is 15.4. The van der Waals surface area contributed by atoms with E-state index in [-0.39, 0.29) is 0 Å². The van der Waals surface area contributed by atoms with E-state index >= 15 is 0 Å². The molecule has 1 heterocycles. The molecule has 0 atom stereocenters. The summed E-state index contributed by atoms with van der Waals surface area (Å²) in [4.78, 5) is 2.40. The molecule has 128 valence electrons. The monoisotopic (exact) mass is 370 g/mol. The first-order valence-electron chi connectivity index (χ1n) is 8.57. The number of rotatable bonds is 5. The maximum atomic E-state index is 6.25. The first kappa shape index (κ1) is 16.7. The predicted molar refractivity (Wildman–Crippen MR) is 108 cm³/mol. The molecule has 2 nitrogen and oxygen atoms in total. The van der Waals surface area contributed by atoms with Crippen molar-refractivity contribution in [1.82, 2.24) is 5.32 Å². The second-order valence-electron chi connectivity index (χ2n) is 6.68. The van der Waals surface area contributed by atoms with Gasteiger partial charge in [0.25, 0.3) is 0 Å². The topological polar surface area (TPSA) is 15.3 Å². The second-order valence-corrected chi connectivity index (χ2v) is 7.50. The third kappa shape index (κ3) is 3.77. The van der Waals surface area contributed by atoms with E-state index in [4.69, 9.17) is 23.2 Å². The molecule has 4 heteroatoms. The van der Waals surface area contributed by atoms with Gasteiger partial charge in [0.2, 0.25) is 0 Å². The van der Waals surface area contributed by atoms with Gasteiger partial charge >= 0.3 is 0 Å². The third-order valence-electron chi connectivity index (χ3n) is 4.80. The summed E-state index contributed by atoms with van der Waals surface area (Å²) < 4.78 is 0. The van der Waals surface area contributed by atoms with Crippen molar-refractivity contribution in [1.29, 1.82) is 0 Å². The summed E-state index contributed by atoms with van der Waals surface area (Å²) in [5.74, 6) is 0.676. The minimum absolute atomic E-state index is 0.599. The van der Waals surface area contributed by atoms with Crippen molar-refractivity contribution in [3.8, 4) is 0 Å². The van der Waals surface area contributed by atoms with Gasteiger partial charge in [0.05, 0.1) is 10.0 Å². The SMILES string of the molecule is Clc1ccc(N(Cc2ccc3ccccc3c2)CC2CNC2)cc1Cl. The van der Waals surface area contributed by atoms with Gasteiger partial charge in [0.1, 0.15) is 0 Å². The van der Waals surface area contributed by atoms with Crippen LogP contribution in [0.4, 0.5) is 5.69 Å². The molecule has 1 aliphatic heterocycles. The summed E-state index contributed by atoms with van der Waals surface area (Å²) in [7, 11) is 0. The molecule has 0 unspecified atom stereocenters. The summed E-state index contributed by atoms with van der Waals surface area (Å²) in [6, 6.07) is 21.1. The van der Waals surface area contributed by atoms with Gasteiger partial charge in [0, 0.05) is 37.8 Å². The Bertz CT molecular complexity index is 890. The van der Waals surface area contributed by atoms with Crippen molar-refractivity contribution in [3.05, 3.63) is 76.3 Å². The van der Waals surface area contributed by atoms with Gasteiger partial charge in [-0.05, 0) is 40.6 Å². The molecule has 3 aromatic carbocycles. The molecule has 0 amide bonds. The number of benzene rings is 3. The minimum Gasteiger partial charge on any atom is -0.367 e. The summed E-state index contributed by atoms with van der Waals surface area (Å²) in [6.07, 6.45) is 0. The summed E-state index contributed by atoms with van der Waals surface area (Å²) in [5.41, 5.74) is 2.42. The molecule has 0 spiro atoms. The fourth-order valence-electron chi connectivity index (χ4n) is 3.29. The maximum Gasteiger partial charge on any atom is 0.0612 e. The average molecular weight is 371 g/mol. The molecule has 0 aliphatic carbocycles. The van der Waals surface area contributed by atoms with Crippen molar-refractivity contribution in [2.75, 3.05) is 24.5 Å². The highest BCUT2D eigenvalue weighted by Gasteiger charge is 2.21. The Morgan fingerprint density at radius 1 is 0.880 bits per heavy atom. The predicted octanol–water partition coefficient (Wildman–Crippen LogP) is 5.37. The van der Waals surface area contributed by atoms with Crippen LogP contribution < -0.4 is 10.2 Å². The average Bonchev–Trinajstić information content (AvgIpc) is 2.59. The lowest BCUT2D eigenvalue weighted by atomic mass is 10.0. The van der Waals surface area contributed by atoms with Crippen LogP contribution in [-0.4, -0.2) is 19.6 Å². The van der Waals surface area contributed by atoms with E-state index in [9.17, 15) is 0 Å². The zero-order chi connectivity index (χ0) is 17.2. The van der Waals surface area contributed by atoms with Gasteiger partial charge in [-0.2, -0.15) is 0 Å². The van der Waals surface area contributed by atoms with E-state index < -0.39 is 0 Å². The fourth-order valence-corrected chi connectivity index (χ4v) is 3.58. The highest BCUT2D eigenvalue weighted by atomic mass is 35.5. The molecule has 3 aromatic rings. The Balaban J connectivity index is 1.62. The molecule has 1 saturated heterocycles. The smallest absolute Gasteiger partial charge is 0.0612 e. The van der Waals surface area contributed by atoms with Crippen LogP contribution in [0, 0.1) is 5.92 Å². The molecule has 0 aromatic heterocycles. The summed E-state index contributed by atoms with van der Waals surface area (Å²) in [5, 5.41) is 7.11. The normalized spacial score (nSPS) is 14.5. The maximum absolute atomic E-state index is 6.25. The number of fused-ring (bicyclic) bond motifs is 1. The molecular weight excluding hydrogens is 351 g/mol. The van der Waals surface area contributed by atoms with Crippen molar-refractivity contribution in [2.45, 2.75) is 6.54 Å². The fraction of sp³-hybridized carbons (Fsp3) is 0.238. The van der Waals surface area contributed by atoms with E-state index in [0.717, 1.165) is 31.9 Å². The summed E-state index contributed by atoms with van der Waals surface area (Å²) in [6.45, 7) is 4.03. The Labute approximate surface area is 158 Å². The molecule has 1 N–H and O–H groups in total. The first-order valence-corrected chi connectivity index (χ1v) is 9.33. The first-order chi connectivity index (χ1) is 12.2. The third-order valence-corrected chi connectivity index (χ3v) is 5.54. The highest BCUT2D eigenvalue weighted by molar-refractivity contribution is 6.42. The van der Waals surface area contributed by atoms with Gasteiger partial charge in [-0.1, -0.05) is 59.6 Å². The lowest BCUT2D eigenvalue weighted by Gasteiger charge is -2.35. The van der Waals surface area contributed by atoms with Crippen molar-refractivity contribution in [2.24, 2.45) is 5.92 Å². The molecule has 25 heavy (non-hydrogen) atoms. The van der Waals surface area contributed by atoms with Crippen LogP contribution in [0.1, 0.15) is 5.56 Å². The molecule has 0 saturated carbocycles. The van der Waals surface area contributed by atoms with E-state index in [1.807, 2.05) is 12.1 Å². The number of anilines is 1. The molecule has 1 fully saturated rings. The van der Waals surface area contributed by atoms with Gasteiger partial charge in [-0.25, -0.2) is 0 Å². The Morgan fingerprint density at radius 3 is 2.40 bits per heavy atom. The number of halogens is 2. The van der Waals surface area contributed by atoms with Crippen LogP contribution in [0.2, 0.25) is 10.0 Å². The van der Waals surface area contributed by atoms with E-state index in [1.54, 1.807) is 0 Å². The van der Waals surface area contributed by atoms with Crippen LogP contribution in [0.25, 0.3) is 10.8 Å². The molecular formula is C21H20Cl2N2. The minimum atomic E-state index is 0.599. The van der Waals surface area contributed by atoms with E-state index in [1.165, 1.54) is 16.3 Å². The lowest BCUT2D eigenvalue weighted by Crippen LogP contribution is -2.48. The summed E-state index contributed by atoms with van der Waals surface area (Å²) >= 11 is 12.3.